The molecule has 5 heteroatoms. The summed E-state index contributed by atoms with van der Waals surface area (Å²) in [5.74, 6) is -0.450. The normalized spacial score (nSPS) is 14.4. The lowest BCUT2D eigenvalue weighted by molar-refractivity contribution is 0.157. The smallest absolute Gasteiger partial charge is 0.142 e. The maximum atomic E-state index is 13.5. The molecule has 0 saturated carbocycles. The Morgan fingerprint density at radius 1 is 1.37 bits per heavy atom. The van der Waals surface area contributed by atoms with Crippen molar-refractivity contribution < 1.29 is 9.13 Å². The van der Waals surface area contributed by atoms with Crippen molar-refractivity contribution in [2.24, 2.45) is 0 Å². The molecule has 108 valence electrons. The molecule has 0 bridgehead atoms. The Kier molecular flexibility index (Phi) is 7.08. The number of hydrogen-bond acceptors (Lipinski definition) is 2. The molecule has 2 nitrogen and oxygen atoms in total. The molecule has 0 saturated heterocycles. The van der Waals surface area contributed by atoms with E-state index >= 15 is 0 Å². The fraction of sp³-hybridized carbons (Fsp3) is 0.571. The summed E-state index contributed by atoms with van der Waals surface area (Å²) < 4.78 is 18.7. The van der Waals surface area contributed by atoms with Crippen molar-refractivity contribution in [1.29, 1.82) is 0 Å². The first-order valence-corrected chi connectivity index (χ1v) is 7.15. The average Bonchev–Trinajstić information content (AvgIpc) is 2.35. The van der Waals surface area contributed by atoms with Crippen LogP contribution < -0.4 is 5.32 Å². The summed E-state index contributed by atoms with van der Waals surface area (Å²) in [6, 6.07) is 2.86. The molecule has 0 fully saturated rings. The van der Waals surface area contributed by atoms with E-state index in [1.54, 1.807) is 7.11 Å². The number of ether oxygens (including phenoxy) is 1. The predicted molar refractivity (Wildman–Crippen MR) is 78.5 cm³/mol. The van der Waals surface area contributed by atoms with Crippen molar-refractivity contribution in [3.8, 4) is 0 Å². The molecule has 0 aliphatic heterocycles. The third kappa shape index (κ3) is 4.60. The number of hydrogen-bond donors (Lipinski definition) is 1. The van der Waals surface area contributed by atoms with E-state index in [0.717, 1.165) is 12.8 Å². The van der Waals surface area contributed by atoms with Crippen LogP contribution in [0.3, 0.4) is 0 Å². The highest BCUT2D eigenvalue weighted by atomic mass is 35.5. The summed E-state index contributed by atoms with van der Waals surface area (Å²) in [5.41, 5.74) is 0.598. The summed E-state index contributed by atoms with van der Waals surface area (Å²) in [6.07, 6.45) is 2.01. The first-order chi connectivity index (χ1) is 9.01. The second-order valence-corrected chi connectivity index (χ2v) is 5.37. The number of benzene rings is 1. The van der Waals surface area contributed by atoms with E-state index in [-0.39, 0.29) is 17.1 Å². The molecule has 0 amide bonds. The quantitative estimate of drug-likeness (QED) is 0.743. The number of rotatable bonds is 7. The fourth-order valence-electron chi connectivity index (χ4n) is 2.14. The Hall–Kier alpha value is -0.350. The van der Waals surface area contributed by atoms with Crippen LogP contribution >= 0.6 is 23.2 Å². The van der Waals surface area contributed by atoms with E-state index in [1.807, 2.05) is 6.92 Å². The number of nitrogens with one attached hydrogen (secondary N) is 1. The monoisotopic (exact) mass is 307 g/mol. The maximum Gasteiger partial charge on any atom is 0.142 e. The predicted octanol–water partition coefficient (Wildman–Crippen LogP) is 4.60. The Morgan fingerprint density at radius 2 is 2.05 bits per heavy atom. The van der Waals surface area contributed by atoms with Crippen molar-refractivity contribution in [2.45, 2.75) is 38.8 Å². The average molecular weight is 308 g/mol. The third-order valence-electron chi connectivity index (χ3n) is 3.00. The lowest BCUT2D eigenvalue weighted by atomic mass is 10.1. The van der Waals surface area contributed by atoms with Crippen molar-refractivity contribution in [2.75, 3.05) is 13.7 Å². The standard InChI is InChI=1S/C14H20Cl2FNO/c1-4-5-10(8-19-3)18-9(2)13-11(15)6-7-12(17)14(13)16/h6-7,9-10,18H,4-5,8H2,1-3H3. The maximum absolute atomic E-state index is 13.5. The molecule has 0 aromatic heterocycles. The van der Waals surface area contributed by atoms with E-state index in [0.29, 0.717) is 17.2 Å². The first kappa shape index (κ1) is 16.7. The molecule has 2 unspecified atom stereocenters. The largest absolute Gasteiger partial charge is 0.383 e. The van der Waals surface area contributed by atoms with Crippen LogP contribution in [0.1, 0.15) is 38.3 Å². The van der Waals surface area contributed by atoms with Crippen LogP contribution in [0.15, 0.2) is 12.1 Å². The molecule has 1 rings (SSSR count). The van der Waals surface area contributed by atoms with Gasteiger partial charge in [-0.15, -0.1) is 0 Å². The summed E-state index contributed by atoms with van der Waals surface area (Å²) in [7, 11) is 1.66. The van der Waals surface area contributed by atoms with E-state index < -0.39 is 5.82 Å². The van der Waals surface area contributed by atoms with Gasteiger partial charge in [-0.3, -0.25) is 0 Å². The number of methoxy groups -OCH3 is 1. The van der Waals surface area contributed by atoms with Gasteiger partial charge in [0.25, 0.3) is 0 Å². The minimum atomic E-state index is -0.450. The van der Waals surface area contributed by atoms with Crippen LogP contribution in [0, 0.1) is 5.82 Å². The van der Waals surface area contributed by atoms with Gasteiger partial charge in [0.1, 0.15) is 5.82 Å². The SMILES string of the molecule is CCCC(COC)NC(C)c1c(Cl)ccc(F)c1Cl. The van der Waals surface area contributed by atoms with Gasteiger partial charge >= 0.3 is 0 Å². The molecule has 0 radical (unpaired) electrons. The minimum Gasteiger partial charge on any atom is -0.383 e. The van der Waals surface area contributed by atoms with Crippen molar-refractivity contribution in [3.05, 3.63) is 33.6 Å². The van der Waals surface area contributed by atoms with Crippen LogP contribution in [-0.4, -0.2) is 19.8 Å². The van der Waals surface area contributed by atoms with E-state index in [2.05, 4.69) is 12.2 Å². The Morgan fingerprint density at radius 3 is 2.63 bits per heavy atom. The zero-order valence-corrected chi connectivity index (χ0v) is 13.0. The Bertz CT molecular complexity index is 409. The van der Waals surface area contributed by atoms with Gasteiger partial charge in [-0.05, 0) is 25.5 Å². The molecule has 0 heterocycles. The molecule has 1 aromatic carbocycles. The van der Waals surface area contributed by atoms with Crippen molar-refractivity contribution in [3.63, 3.8) is 0 Å². The lowest BCUT2D eigenvalue weighted by Crippen LogP contribution is -2.35. The van der Waals surface area contributed by atoms with E-state index in [4.69, 9.17) is 27.9 Å². The zero-order chi connectivity index (χ0) is 14.4. The van der Waals surface area contributed by atoms with Crippen LogP contribution in [0.5, 0.6) is 0 Å². The molecular weight excluding hydrogens is 288 g/mol. The van der Waals surface area contributed by atoms with Gasteiger partial charge in [0.2, 0.25) is 0 Å². The minimum absolute atomic E-state index is 0.0835. The van der Waals surface area contributed by atoms with Crippen LogP contribution in [0.2, 0.25) is 10.0 Å². The van der Waals surface area contributed by atoms with Gasteiger partial charge in [-0.25, -0.2) is 4.39 Å². The Balaban J connectivity index is 2.87. The van der Waals surface area contributed by atoms with Gasteiger partial charge in [-0.2, -0.15) is 0 Å². The van der Waals surface area contributed by atoms with Gasteiger partial charge in [-0.1, -0.05) is 36.5 Å². The Labute approximate surface area is 124 Å². The second-order valence-electron chi connectivity index (χ2n) is 4.59. The molecule has 1 N–H and O–H groups in total. The lowest BCUT2D eigenvalue weighted by Gasteiger charge is -2.24. The van der Waals surface area contributed by atoms with Crippen molar-refractivity contribution >= 4 is 23.2 Å². The highest BCUT2D eigenvalue weighted by molar-refractivity contribution is 6.36. The third-order valence-corrected chi connectivity index (χ3v) is 3.72. The van der Waals surface area contributed by atoms with Gasteiger partial charge in [0.05, 0.1) is 11.6 Å². The topological polar surface area (TPSA) is 21.3 Å². The fourth-order valence-corrected chi connectivity index (χ4v) is 2.84. The second kappa shape index (κ2) is 8.05. The molecule has 0 aliphatic rings. The highest BCUT2D eigenvalue weighted by Crippen LogP contribution is 2.32. The van der Waals surface area contributed by atoms with Crippen molar-refractivity contribution in [1.82, 2.24) is 5.32 Å². The summed E-state index contributed by atoms with van der Waals surface area (Å²) in [6.45, 7) is 4.63. The molecule has 0 spiro atoms. The van der Waals surface area contributed by atoms with E-state index in [1.165, 1.54) is 12.1 Å². The van der Waals surface area contributed by atoms with Crippen LogP contribution in [-0.2, 0) is 4.74 Å². The van der Waals surface area contributed by atoms with Gasteiger partial charge in [0.15, 0.2) is 0 Å². The van der Waals surface area contributed by atoms with Crippen LogP contribution in [0.4, 0.5) is 4.39 Å². The molecular formula is C14H20Cl2FNO. The molecule has 1 aromatic rings. The summed E-state index contributed by atoms with van der Waals surface area (Å²) in [4.78, 5) is 0. The summed E-state index contributed by atoms with van der Waals surface area (Å²) in [5, 5.41) is 3.94. The van der Waals surface area contributed by atoms with Gasteiger partial charge < -0.3 is 10.1 Å². The number of halogens is 3. The molecule has 2 atom stereocenters. The summed E-state index contributed by atoms with van der Waals surface area (Å²) >= 11 is 12.1. The van der Waals surface area contributed by atoms with E-state index in [9.17, 15) is 4.39 Å². The highest BCUT2D eigenvalue weighted by Gasteiger charge is 2.19. The van der Waals surface area contributed by atoms with Gasteiger partial charge in [0, 0.05) is 29.8 Å². The molecule has 0 aliphatic carbocycles. The van der Waals surface area contributed by atoms with Crippen LogP contribution in [0.25, 0.3) is 0 Å². The first-order valence-electron chi connectivity index (χ1n) is 6.39. The molecule has 19 heavy (non-hydrogen) atoms. The zero-order valence-electron chi connectivity index (χ0n) is 11.5.